The SMILES string of the molecule is CC(=O)N(CC(=O)Nc1ccc(C(F)(F)F)cc1)c1cc(C)on1. The normalized spacial score (nSPS) is 11.2. The Balaban J connectivity index is 2.05. The summed E-state index contributed by atoms with van der Waals surface area (Å²) in [4.78, 5) is 24.7. The van der Waals surface area contributed by atoms with Crippen LogP contribution < -0.4 is 10.2 Å². The van der Waals surface area contributed by atoms with Crippen LogP contribution >= 0.6 is 0 Å². The molecule has 24 heavy (non-hydrogen) atoms. The van der Waals surface area contributed by atoms with Gasteiger partial charge in [-0.05, 0) is 31.2 Å². The number of nitrogens with zero attached hydrogens (tertiary/aromatic N) is 2. The number of amides is 2. The number of hydrogen-bond donors (Lipinski definition) is 1. The van der Waals surface area contributed by atoms with Crippen molar-refractivity contribution in [3.05, 3.63) is 41.7 Å². The molecular formula is C15H14F3N3O3. The molecule has 0 aliphatic rings. The molecule has 0 radical (unpaired) electrons. The minimum Gasteiger partial charge on any atom is -0.360 e. The number of aromatic nitrogens is 1. The first-order valence-corrected chi connectivity index (χ1v) is 6.85. The fraction of sp³-hybridized carbons (Fsp3) is 0.267. The van der Waals surface area contributed by atoms with Gasteiger partial charge in [-0.25, -0.2) is 0 Å². The number of halogens is 3. The molecule has 1 heterocycles. The summed E-state index contributed by atoms with van der Waals surface area (Å²) in [6, 6.07) is 5.49. The van der Waals surface area contributed by atoms with E-state index in [-0.39, 0.29) is 18.1 Å². The number of benzene rings is 1. The quantitative estimate of drug-likeness (QED) is 0.928. The molecule has 1 N–H and O–H groups in total. The maximum Gasteiger partial charge on any atom is 0.416 e. The van der Waals surface area contributed by atoms with Crippen LogP contribution in [0.1, 0.15) is 18.2 Å². The van der Waals surface area contributed by atoms with Crippen molar-refractivity contribution >= 4 is 23.3 Å². The molecule has 0 fully saturated rings. The van der Waals surface area contributed by atoms with E-state index in [0.717, 1.165) is 29.2 Å². The first kappa shape index (κ1) is 17.5. The fourth-order valence-corrected chi connectivity index (χ4v) is 1.92. The zero-order valence-electron chi connectivity index (χ0n) is 12.8. The molecule has 2 aromatic rings. The van der Waals surface area contributed by atoms with Crippen LogP contribution in [-0.4, -0.2) is 23.5 Å². The van der Waals surface area contributed by atoms with Crippen LogP contribution in [0.4, 0.5) is 24.7 Å². The molecule has 0 unspecified atom stereocenters. The number of rotatable bonds is 4. The second kappa shape index (κ2) is 6.73. The first-order valence-electron chi connectivity index (χ1n) is 6.85. The molecule has 2 amide bonds. The predicted octanol–water partition coefficient (Wildman–Crippen LogP) is 2.99. The van der Waals surface area contributed by atoms with Crippen molar-refractivity contribution in [3.8, 4) is 0 Å². The van der Waals surface area contributed by atoms with Crippen LogP contribution in [0.3, 0.4) is 0 Å². The van der Waals surface area contributed by atoms with Crippen molar-refractivity contribution in [3.63, 3.8) is 0 Å². The summed E-state index contributed by atoms with van der Waals surface area (Å²) >= 11 is 0. The van der Waals surface area contributed by atoms with Crippen molar-refractivity contribution in [2.45, 2.75) is 20.0 Å². The summed E-state index contributed by atoms with van der Waals surface area (Å²) in [5.74, 6) is -0.349. The largest absolute Gasteiger partial charge is 0.416 e. The van der Waals surface area contributed by atoms with Gasteiger partial charge in [-0.3, -0.25) is 14.5 Å². The van der Waals surface area contributed by atoms with Gasteiger partial charge in [0.25, 0.3) is 0 Å². The van der Waals surface area contributed by atoms with Crippen LogP contribution in [0.2, 0.25) is 0 Å². The van der Waals surface area contributed by atoms with Gasteiger partial charge in [-0.15, -0.1) is 0 Å². The third kappa shape index (κ3) is 4.34. The molecule has 0 bridgehead atoms. The van der Waals surface area contributed by atoms with Gasteiger partial charge in [0.05, 0.1) is 5.56 Å². The summed E-state index contributed by atoms with van der Waals surface area (Å²) in [5, 5.41) is 6.09. The van der Waals surface area contributed by atoms with Gasteiger partial charge in [0.1, 0.15) is 12.3 Å². The highest BCUT2D eigenvalue weighted by Gasteiger charge is 2.30. The Kier molecular flexibility index (Phi) is 4.91. The second-order valence-electron chi connectivity index (χ2n) is 5.02. The number of carbonyl (C=O) groups excluding carboxylic acids is 2. The van der Waals surface area contributed by atoms with Gasteiger partial charge in [-0.2, -0.15) is 13.2 Å². The van der Waals surface area contributed by atoms with Gasteiger partial charge >= 0.3 is 6.18 Å². The first-order chi connectivity index (χ1) is 11.2. The maximum absolute atomic E-state index is 12.5. The standard InChI is InChI=1S/C15H14F3N3O3/c1-9-7-13(20-24-9)21(10(2)22)8-14(23)19-12-5-3-11(4-6-12)15(16,17)18/h3-7H,8H2,1-2H3,(H,19,23). The molecule has 1 aromatic heterocycles. The Hall–Kier alpha value is -2.84. The summed E-state index contributed by atoms with van der Waals surface area (Å²) < 4.78 is 42.3. The monoisotopic (exact) mass is 341 g/mol. The molecule has 9 heteroatoms. The Morgan fingerprint density at radius 3 is 2.33 bits per heavy atom. The molecule has 0 aliphatic heterocycles. The highest BCUT2D eigenvalue weighted by Crippen LogP contribution is 2.29. The Morgan fingerprint density at radius 1 is 1.25 bits per heavy atom. The summed E-state index contributed by atoms with van der Waals surface area (Å²) in [6.45, 7) is 2.55. The Morgan fingerprint density at radius 2 is 1.88 bits per heavy atom. The maximum atomic E-state index is 12.5. The molecule has 0 saturated heterocycles. The van der Waals surface area contributed by atoms with Gasteiger partial charge < -0.3 is 9.84 Å². The minimum absolute atomic E-state index is 0.183. The predicted molar refractivity (Wildman–Crippen MR) is 79.3 cm³/mol. The number of nitrogens with one attached hydrogen (secondary N) is 1. The molecule has 0 saturated carbocycles. The fourth-order valence-electron chi connectivity index (χ4n) is 1.92. The van der Waals surface area contributed by atoms with Crippen molar-refractivity contribution < 1.29 is 27.3 Å². The smallest absolute Gasteiger partial charge is 0.360 e. The Labute approximate surface area is 135 Å². The van der Waals surface area contributed by atoms with Gasteiger partial charge in [0.2, 0.25) is 11.8 Å². The van der Waals surface area contributed by atoms with Crippen molar-refractivity contribution in [2.24, 2.45) is 0 Å². The highest BCUT2D eigenvalue weighted by atomic mass is 19.4. The van der Waals surface area contributed by atoms with Crippen LogP contribution in [0.15, 0.2) is 34.9 Å². The van der Waals surface area contributed by atoms with Crippen LogP contribution in [0.25, 0.3) is 0 Å². The molecule has 0 atom stereocenters. The average Bonchev–Trinajstić information content (AvgIpc) is 2.90. The topological polar surface area (TPSA) is 75.4 Å². The van der Waals surface area contributed by atoms with E-state index >= 15 is 0 Å². The lowest BCUT2D eigenvalue weighted by Crippen LogP contribution is -2.36. The number of carbonyl (C=O) groups is 2. The zero-order valence-corrected chi connectivity index (χ0v) is 12.8. The van der Waals surface area contributed by atoms with E-state index in [1.54, 1.807) is 6.92 Å². The summed E-state index contributed by atoms with van der Waals surface area (Å²) in [6.07, 6.45) is -4.45. The average molecular weight is 341 g/mol. The van der Waals surface area contributed by atoms with Gasteiger partial charge in [0.15, 0.2) is 5.82 Å². The third-order valence-corrected chi connectivity index (χ3v) is 3.07. The van der Waals surface area contributed by atoms with Gasteiger partial charge in [0, 0.05) is 18.7 Å². The molecule has 0 aliphatic carbocycles. The lowest BCUT2D eigenvalue weighted by Gasteiger charge is -2.17. The van der Waals surface area contributed by atoms with Gasteiger partial charge in [-0.1, -0.05) is 5.16 Å². The second-order valence-corrected chi connectivity index (χ2v) is 5.02. The molecular weight excluding hydrogens is 327 g/mol. The highest BCUT2D eigenvalue weighted by molar-refractivity contribution is 6.01. The van der Waals surface area contributed by atoms with E-state index < -0.39 is 23.6 Å². The number of aryl methyl sites for hydroxylation is 1. The van der Waals surface area contributed by atoms with Crippen LogP contribution in [0.5, 0.6) is 0 Å². The van der Waals surface area contributed by atoms with E-state index in [1.165, 1.54) is 13.0 Å². The zero-order chi connectivity index (χ0) is 17.9. The number of anilines is 2. The van der Waals surface area contributed by atoms with E-state index in [2.05, 4.69) is 10.5 Å². The van der Waals surface area contributed by atoms with E-state index in [4.69, 9.17) is 4.52 Å². The van der Waals surface area contributed by atoms with Crippen molar-refractivity contribution in [1.29, 1.82) is 0 Å². The van der Waals surface area contributed by atoms with Crippen molar-refractivity contribution in [2.75, 3.05) is 16.8 Å². The lowest BCUT2D eigenvalue weighted by molar-refractivity contribution is -0.137. The van der Waals surface area contributed by atoms with Crippen LogP contribution in [0, 0.1) is 6.92 Å². The van der Waals surface area contributed by atoms with Crippen molar-refractivity contribution in [1.82, 2.24) is 5.16 Å². The molecule has 0 spiro atoms. The van der Waals surface area contributed by atoms with Crippen LogP contribution in [-0.2, 0) is 15.8 Å². The minimum atomic E-state index is -4.45. The lowest BCUT2D eigenvalue weighted by atomic mass is 10.2. The van der Waals surface area contributed by atoms with E-state index in [1.807, 2.05) is 0 Å². The van der Waals surface area contributed by atoms with E-state index in [9.17, 15) is 22.8 Å². The van der Waals surface area contributed by atoms with E-state index in [0.29, 0.717) is 5.76 Å². The third-order valence-electron chi connectivity index (χ3n) is 3.07. The number of hydrogen-bond acceptors (Lipinski definition) is 4. The Bertz CT molecular complexity index is 738. The molecule has 128 valence electrons. The summed E-state index contributed by atoms with van der Waals surface area (Å²) in [7, 11) is 0. The molecule has 1 aromatic carbocycles. The summed E-state index contributed by atoms with van der Waals surface area (Å²) in [5.41, 5.74) is -0.628. The molecule has 2 rings (SSSR count). The molecule has 6 nitrogen and oxygen atoms in total. The number of alkyl halides is 3.